The van der Waals surface area contributed by atoms with Gasteiger partial charge in [-0.25, -0.2) is 8.42 Å². The van der Waals surface area contributed by atoms with Crippen molar-refractivity contribution in [3.63, 3.8) is 0 Å². The number of hydrogen-bond donors (Lipinski definition) is 0. The topological polar surface area (TPSA) is 67.2 Å². The van der Waals surface area contributed by atoms with Crippen LogP contribution in [-0.2, 0) is 9.84 Å². The van der Waals surface area contributed by atoms with E-state index < -0.39 is 14.6 Å². The highest BCUT2D eigenvalue weighted by molar-refractivity contribution is 7.93. The monoisotopic (exact) mass is 293 g/mol. The second kappa shape index (κ2) is 5.10. The molecule has 0 aromatic heterocycles. The van der Waals surface area contributed by atoms with E-state index in [0.29, 0.717) is 30.4 Å². The van der Waals surface area contributed by atoms with Crippen molar-refractivity contribution in [3.05, 3.63) is 24.3 Å². The van der Waals surface area contributed by atoms with Crippen LogP contribution >= 0.6 is 0 Å². The molecule has 4 nitrogen and oxygen atoms in total. The molecule has 0 unspecified atom stereocenters. The lowest BCUT2D eigenvalue weighted by molar-refractivity contribution is 0.198. The first-order valence-electron chi connectivity index (χ1n) is 6.66. The molecule has 1 saturated carbocycles. The minimum Gasteiger partial charge on any atom is -0.497 e. The Bertz CT molecular complexity index is 637. The van der Waals surface area contributed by atoms with Gasteiger partial charge in [-0.15, -0.1) is 0 Å². The van der Waals surface area contributed by atoms with Gasteiger partial charge in [0.15, 0.2) is 14.6 Å². The highest BCUT2D eigenvalue weighted by Crippen LogP contribution is 2.49. The maximum atomic E-state index is 12.7. The minimum atomic E-state index is -3.65. The molecule has 0 amide bonds. The van der Waals surface area contributed by atoms with Gasteiger partial charge in [0.1, 0.15) is 5.75 Å². The Labute approximate surface area is 120 Å². The molecule has 108 valence electrons. The van der Waals surface area contributed by atoms with Crippen molar-refractivity contribution < 1.29 is 13.2 Å². The molecule has 0 saturated heterocycles. The Balaban J connectivity index is 2.37. The lowest BCUT2D eigenvalue weighted by Crippen LogP contribution is -2.50. The maximum Gasteiger partial charge on any atom is 0.197 e. The molecule has 0 spiro atoms. The summed E-state index contributed by atoms with van der Waals surface area (Å²) in [5.74, 6) is 1.19. The molecule has 0 atom stereocenters. The summed E-state index contributed by atoms with van der Waals surface area (Å²) in [6, 6.07) is 8.38. The fraction of sp³-hybridized carbons (Fsp3) is 0.533. The van der Waals surface area contributed by atoms with Crippen LogP contribution in [0.25, 0.3) is 0 Å². The summed E-state index contributed by atoms with van der Waals surface area (Å²) in [6.45, 7) is 4.12. The zero-order valence-electron chi connectivity index (χ0n) is 12.0. The van der Waals surface area contributed by atoms with E-state index in [2.05, 4.69) is 13.8 Å². The second-order valence-electron chi connectivity index (χ2n) is 5.70. The van der Waals surface area contributed by atoms with Gasteiger partial charge in [-0.05, 0) is 42.9 Å². The molecule has 1 aliphatic rings. The van der Waals surface area contributed by atoms with Crippen LogP contribution in [0.4, 0.5) is 0 Å². The molecule has 1 aromatic carbocycles. The number of hydrogen-bond acceptors (Lipinski definition) is 4. The van der Waals surface area contributed by atoms with E-state index in [-0.39, 0.29) is 4.90 Å². The summed E-state index contributed by atoms with van der Waals surface area (Å²) in [4.78, 5) is 0.167. The van der Waals surface area contributed by atoms with Crippen molar-refractivity contribution >= 4 is 9.84 Å². The number of rotatable bonds is 4. The van der Waals surface area contributed by atoms with Crippen molar-refractivity contribution in [2.75, 3.05) is 7.11 Å². The van der Waals surface area contributed by atoms with Gasteiger partial charge in [0.05, 0.1) is 18.1 Å². The Morgan fingerprint density at radius 3 is 2.55 bits per heavy atom. The number of nitrogens with zero attached hydrogens (tertiary/aromatic N) is 1. The minimum absolute atomic E-state index is 0.167. The molecule has 2 rings (SSSR count). The molecule has 1 aromatic rings. The van der Waals surface area contributed by atoms with Crippen LogP contribution in [0.5, 0.6) is 5.75 Å². The molecular weight excluding hydrogens is 274 g/mol. The zero-order chi connectivity index (χ0) is 15.0. The Morgan fingerprint density at radius 1 is 1.40 bits per heavy atom. The van der Waals surface area contributed by atoms with Crippen molar-refractivity contribution in [1.82, 2.24) is 0 Å². The lowest BCUT2D eigenvalue weighted by Gasteiger charge is -2.43. The summed E-state index contributed by atoms with van der Waals surface area (Å²) in [5.41, 5.74) is 0. The van der Waals surface area contributed by atoms with Crippen molar-refractivity contribution in [2.45, 2.75) is 36.3 Å². The number of benzene rings is 1. The second-order valence-corrected chi connectivity index (χ2v) is 7.96. The molecule has 0 N–H and O–H groups in total. The first-order valence-corrected chi connectivity index (χ1v) is 8.14. The van der Waals surface area contributed by atoms with Crippen LogP contribution < -0.4 is 4.74 Å². The SMILES string of the molecule is COc1cccc(S(=O)(=O)C2(C#N)CC(C(C)C)C2)c1. The van der Waals surface area contributed by atoms with Crippen LogP contribution in [-0.4, -0.2) is 20.3 Å². The zero-order valence-corrected chi connectivity index (χ0v) is 12.8. The first kappa shape index (κ1) is 14.9. The quantitative estimate of drug-likeness (QED) is 0.856. The molecular formula is C15H19NO3S. The Kier molecular flexibility index (Phi) is 3.79. The van der Waals surface area contributed by atoms with E-state index in [0.717, 1.165) is 0 Å². The van der Waals surface area contributed by atoms with Gasteiger partial charge < -0.3 is 4.74 Å². The van der Waals surface area contributed by atoms with E-state index in [1.807, 2.05) is 6.07 Å². The summed E-state index contributed by atoms with van der Waals surface area (Å²) >= 11 is 0. The summed E-state index contributed by atoms with van der Waals surface area (Å²) < 4.78 is 29.2. The van der Waals surface area contributed by atoms with E-state index in [1.165, 1.54) is 19.2 Å². The van der Waals surface area contributed by atoms with Gasteiger partial charge in [0.25, 0.3) is 0 Å². The van der Waals surface area contributed by atoms with Crippen molar-refractivity contribution in [1.29, 1.82) is 5.26 Å². The molecule has 0 bridgehead atoms. The van der Waals surface area contributed by atoms with Gasteiger partial charge in [0.2, 0.25) is 0 Å². The standard InChI is InChI=1S/C15H19NO3S/c1-11(2)12-8-15(9-12,10-16)20(17,18)14-6-4-5-13(7-14)19-3/h4-7,11-12H,8-9H2,1-3H3. The van der Waals surface area contributed by atoms with Gasteiger partial charge in [-0.1, -0.05) is 19.9 Å². The average molecular weight is 293 g/mol. The number of sulfone groups is 1. The van der Waals surface area contributed by atoms with Crippen LogP contribution in [0.1, 0.15) is 26.7 Å². The number of ether oxygens (including phenoxy) is 1. The predicted molar refractivity (Wildman–Crippen MR) is 76.1 cm³/mol. The molecule has 1 fully saturated rings. The van der Waals surface area contributed by atoms with Crippen molar-refractivity contribution in [2.24, 2.45) is 11.8 Å². The maximum absolute atomic E-state index is 12.7. The third-order valence-electron chi connectivity index (χ3n) is 4.20. The fourth-order valence-electron chi connectivity index (χ4n) is 2.62. The van der Waals surface area contributed by atoms with Gasteiger partial charge >= 0.3 is 0 Å². The molecule has 0 heterocycles. The van der Waals surface area contributed by atoms with E-state index >= 15 is 0 Å². The van der Waals surface area contributed by atoms with Crippen LogP contribution in [0.2, 0.25) is 0 Å². The molecule has 0 aliphatic heterocycles. The molecule has 20 heavy (non-hydrogen) atoms. The predicted octanol–water partition coefficient (Wildman–Crippen LogP) is 2.80. The van der Waals surface area contributed by atoms with Gasteiger partial charge in [-0.2, -0.15) is 5.26 Å². The largest absolute Gasteiger partial charge is 0.497 e. The summed E-state index contributed by atoms with van der Waals surface area (Å²) in [5, 5.41) is 9.40. The number of nitriles is 1. The van der Waals surface area contributed by atoms with Gasteiger partial charge in [-0.3, -0.25) is 0 Å². The Hall–Kier alpha value is -1.54. The van der Waals surface area contributed by atoms with Gasteiger partial charge in [0, 0.05) is 0 Å². The Morgan fingerprint density at radius 2 is 2.05 bits per heavy atom. The highest BCUT2D eigenvalue weighted by Gasteiger charge is 2.55. The van der Waals surface area contributed by atoms with Crippen LogP contribution in [0.3, 0.4) is 0 Å². The summed E-state index contributed by atoms with van der Waals surface area (Å²) in [6.07, 6.45) is 0.835. The third-order valence-corrected chi connectivity index (χ3v) is 6.52. The third kappa shape index (κ3) is 2.18. The molecule has 5 heteroatoms. The van der Waals surface area contributed by atoms with Crippen LogP contribution in [0.15, 0.2) is 29.2 Å². The van der Waals surface area contributed by atoms with Crippen molar-refractivity contribution in [3.8, 4) is 11.8 Å². The van der Waals surface area contributed by atoms with Crippen LogP contribution in [0, 0.1) is 23.2 Å². The van der Waals surface area contributed by atoms with E-state index in [1.54, 1.807) is 12.1 Å². The van der Waals surface area contributed by atoms with E-state index in [4.69, 9.17) is 4.74 Å². The van der Waals surface area contributed by atoms with E-state index in [9.17, 15) is 13.7 Å². The highest BCUT2D eigenvalue weighted by atomic mass is 32.2. The molecule has 1 aliphatic carbocycles. The first-order chi connectivity index (χ1) is 9.36. The smallest absolute Gasteiger partial charge is 0.197 e. The normalized spacial score (nSPS) is 25.9. The average Bonchev–Trinajstić information content (AvgIpc) is 2.37. The molecule has 0 radical (unpaired) electrons. The fourth-order valence-corrected chi connectivity index (χ4v) is 4.59. The summed E-state index contributed by atoms with van der Waals surface area (Å²) in [7, 11) is -2.16. The number of methoxy groups -OCH3 is 1. The lowest BCUT2D eigenvalue weighted by atomic mass is 9.69.